The average molecular weight is 730 g/mol. The van der Waals surface area contributed by atoms with E-state index in [2.05, 4.69) is 18.9 Å². The van der Waals surface area contributed by atoms with Crippen LogP contribution in [0.1, 0.15) is 46.5 Å². The van der Waals surface area contributed by atoms with Gasteiger partial charge in [-0.2, -0.15) is 52.7 Å². The summed E-state index contributed by atoms with van der Waals surface area (Å²) >= 11 is 0. The lowest BCUT2D eigenvalue weighted by molar-refractivity contribution is -0.228. The maximum atomic E-state index is 12.0. The Kier molecular flexibility index (Phi) is 26.0. The number of aliphatic carboxylic acids is 4. The Morgan fingerprint density at radius 2 is 0.787 bits per heavy atom. The molecule has 0 amide bonds. The predicted octanol–water partition coefficient (Wildman–Crippen LogP) is 5.32. The minimum Gasteiger partial charge on any atom is -0.479 e. The smallest absolute Gasteiger partial charge is 0.425 e. The van der Waals surface area contributed by atoms with Gasteiger partial charge in [0.05, 0.1) is 0 Å². The monoisotopic (exact) mass is 730 g/mol. The molecule has 0 aliphatic carbocycles. The van der Waals surface area contributed by atoms with E-state index in [1.165, 1.54) is 6.92 Å². The summed E-state index contributed by atoms with van der Waals surface area (Å²) in [5.74, 6) is -8.04. The van der Waals surface area contributed by atoms with Gasteiger partial charge in [-0.1, -0.05) is 26.7 Å². The molecule has 0 fully saturated rings. The quantitative estimate of drug-likeness (QED) is 0.126. The number of ether oxygens (including phenoxy) is 4. The van der Waals surface area contributed by atoms with Crippen molar-refractivity contribution in [1.82, 2.24) is 0 Å². The van der Waals surface area contributed by atoms with Crippen LogP contribution in [0.25, 0.3) is 0 Å². The van der Waals surface area contributed by atoms with Crippen molar-refractivity contribution >= 4 is 23.9 Å². The summed E-state index contributed by atoms with van der Waals surface area (Å²) < 4.78 is 157. The Hall–Kier alpha value is -3.12. The molecule has 0 aromatic carbocycles. The maximum Gasteiger partial charge on any atom is 0.425 e. The topological polar surface area (TPSA) is 186 Å². The maximum absolute atomic E-state index is 12.0. The number of carboxylic acid groups (broad SMARTS) is 4. The van der Waals surface area contributed by atoms with Crippen molar-refractivity contribution in [2.45, 2.75) is 95.6 Å². The zero-order chi connectivity index (χ0) is 38.4. The zero-order valence-electron chi connectivity index (χ0n) is 24.8. The third kappa shape index (κ3) is 26.6. The highest BCUT2D eigenvalue weighted by atomic mass is 19.4. The summed E-state index contributed by atoms with van der Waals surface area (Å²) in [5.41, 5.74) is 0. The average Bonchev–Trinajstić information content (AvgIpc) is 2.85. The van der Waals surface area contributed by atoms with Crippen LogP contribution in [0.15, 0.2) is 0 Å². The van der Waals surface area contributed by atoms with Crippen LogP contribution in [0.5, 0.6) is 0 Å². The van der Waals surface area contributed by atoms with Crippen molar-refractivity contribution in [3.8, 4) is 0 Å². The van der Waals surface area contributed by atoms with Gasteiger partial charge >= 0.3 is 48.6 Å². The molecule has 0 spiro atoms. The normalized spacial score (nSPS) is 14.4. The Labute approximate surface area is 258 Å². The van der Waals surface area contributed by atoms with Crippen LogP contribution in [0.4, 0.5) is 52.7 Å². The van der Waals surface area contributed by atoms with Crippen LogP contribution in [0.2, 0.25) is 0 Å². The molecule has 0 aromatic heterocycles. The second-order valence-electron chi connectivity index (χ2n) is 8.18. The van der Waals surface area contributed by atoms with Gasteiger partial charge in [0.15, 0.2) is 0 Å². The Bertz CT molecular complexity index is 890. The Balaban J connectivity index is -0.000000264. The van der Waals surface area contributed by atoms with Crippen molar-refractivity contribution < 1.29 is 111 Å². The molecule has 0 saturated carbocycles. The third-order valence-corrected chi connectivity index (χ3v) is 4.18. The summed E-state index contributed by atoms with van der Waals surface area (Å²) in [4.78, 5) is 39.8. The first kappa shape index (κ1) is 50.7. The first-order valence-electron chi connectivity index (χ1n) is 12.6. The van der Waals surface area contributed by atoms with Crippen molar-refractivity contribution in [1.29, 1.82) is 0 Å². The van der Waals surface area contributed by atoms with Gasteiger partial charge in [-0.25, -0.2) is 19.2 Å². The highest BCUT2D eigenvalue weighted by Crippen LogP contribution is 2.25. The molecule has 282 valence electrons. The minimum absolute atomic E-state index is 0.176. The van der Waals surface area contributed by atoms with Gasteiger partial charge < -0.3 is 39.4 Å². The van der Waals surface area contributed by atoms with Crippen molar-refractivity contribution in [2.75, 3.05) is 26.9 Å². The van der Waals surface area contributed by atoms with E-state index in [0.717, 1.165) is 12.8 Å². The van der Waals surface area contributed by atoms with Gasteiger partial charge in [-0.15, -0.1) is 0 Å². The molecule has 0 radical (unpaired) electrons. The Morgan fingerprint density at radius 1 is 0.489 bits per heavy atom. The molecule has 0 aliphatic rings. The molecule has 0 aliphatic heterocycles. The largest absolute Gasteiger partial charge is 0.479 e. The molecule has 47 heavy (non-hydrogen) atoms. The van der Waals surface area contributed by atoms with E-state index < -0.39 is 73.0 Å². The predicted molar refractivity (Wildman–Crippen MR) is 130 cm³/mol. The molecule has 4 unspecified atom stereocenters. The lowest BCUT2D eigenvalue weighted by Crippen LogP contribution is -2.39. The summed E-state index contributed by atoms with van der Waals surface area (Å²) in [7, 11) is 0.687. The lowest BCUT2D eigenvalue weighted by atomic mass is 10.2. The third-order valence-electron chi connectivity index (χ3n) is 4.18. The van der Waals surface area contributed by atoms with Crippen LogP contribution in [0, 0.1) is 0 Å². The molecular weight excluding hydrogens is 696 g/mol. The number of halogens is 12. The van der Waals surface area contributed by atoms with E-state index in [1.807, 2.05) is 6.92 Å². The number of unbranched alkanes of at least 4 members (excludes halogenated alkanes) is 2. The van der Waals surface area contributed by atoms with E-state index in [-0.39, 0.29) is 19.8 Å². The van der Waals surface area contributed by atoms with E-state index in [1.54, 1.807) is 6.92 Å². The number of rotatable bonds is 15. The summed E-state index contributed by atoms with van der Waals surface area (Å²) in [6.45, 7) is 4.10. The minimum atomic E-state index is -4.84. The van der Waals surface area contributed by atoms with E-state index in [0.29, 0.717) is 20.0 Å². The molecule has 24 heteroatoms. The first-order valence-corrected chi connectivity index (χ1v) is 12.6. The molecule has 0 saturated heterocycles. The number of carbonyl (C=O) groups is 4. The zero-order valence-corrected chi connectivity index (χ0v) is 24.8. The van der Waals surface area contributed by atoms with E-state index in [4.69, 9.17) is 20.4 Å². The molecule has 0 bridgehead atoms. The fourth-order valence-corrected chi connectivity index (χ4v) is 2.25. The van der Waals surface area contributed by atoms with Crippen LogP contribution in [-0.2, 0) is 38.1 Å². The van der Waals surface area contributed by atoms with Crippen molar-refractivity contribution in [3.05, 3.63) is 0 Å². The molecule has 12 nitrogen and oxygen atoms in total. The Morgan fingerprint density at radius 3 is 0.957 bits per heavy atom. The van der Waals surface area contributed by atoms with Gasteiger partial charge in [-0.05, 0) is 19.8 Å². The first-order chi connectivity index (χ1) is 21.1. The van der Waals surface area contributed by atoms with Crippen LogP contribution < -0.4 is 0 Å². The molecule has 0 rings (SSSR count). The second-order valence-corrected chi connectivity index (χ2v) is 8.18. The van der Waals surface area contributed by atoms with Crippen LogP contribution in [-0.4, -0.2) is 120 Å². The van der Waals surface area contributed by atoms with E-state index in [9.17, 15) is 71.9 Å². The van der Waals surface area contributed by atoms with Gasteiger partial charge in [0.1, 0.15) is 0 Å². The van der Waals surface area contributed by atoms with Gasteiger partial charge in [-0.3, -0.25) is 0 Å². The fourth-order valence-electron chi connectivity index (χ4n) is 2.25. The SMILES string of the molecule is CCCCCOC(C(=O)O)C(F)(F)F.CCCOC(C(=O)O)C(F)(F)F.CCOC(C(=O)O)C(F)(F)F.COC(C(=O)O)C(F)(F)F. The molecular formula is C23H34F12O12. The number of hydrogen-bond acceptors (Lipinski definition) is 8. The molecule has 4 N–H and O–H groups in total. The van der Waals surface area contributed by atoms with Gasteiger partial charge in [0, 0.05) is 26.9 Å². The molecule has 0 aromatic rings. The van der Waals surface area contributed by atoms with Gasteiger partial charge in [0.2, 0.25) is 0 Å². The summed E-state index contributed by atoms with van der Waals surface area (Å²) in [5, 5.41) is 32.2. The van der Waals surface area contributed by atoms with Crippen LogP contribution in [0.3, 0.4) is 0 Å². The molecule has 4 atom stereocenters. The van der Waals surface area contributed by atoms with Gasteiger partial charge in [0.25, 0.3) is 24.4 Å². The van der Waals surface area contributed by atoms with Crippen molar-refractivity contribution in [3.63, 3.8) is 0 Å². The van der Waals surface area contributed by atoms with Crippen molar-refractivity contribution in [2.24, 2.45) is 0 Å². The lowest BCUT2D eigenvalue weighted by Gasteiger charge is -2.16. The fraction of sp³-hybridized carbons (Fsp3) is 0.826. The van der Waals surface area contributed by atoms with Crippen LogP contribution >= 0.6 is 0 Å². The summed E-state index contributed by atoms with van der Waals surface area (Å²) in [6.07, 6.45) is -27.8. The number of alkyl halides is 12. The summed E-state index contributed by atoms with van der Waals surface area (Å²) in [6, 6.07) is 0. The molecule has 0 heterocycles. The highest BCUT2D eigenvalue weighted by molar-refractivity contribution is 5.74. The second kappa shape index (κ2) is 24.1. The highest BCUT2D eigenvalue weighted by Gasteiger charge is 2.48. The standard InChI is InChI=1S/C8H13F3O3.C6H9F3O3.C5H7F3O3.C4H5F3O3/c1-2-3-4-5-14-6(7(12)13)8(9,10)11;1-2-3-12-4(5(10)11)6(7,8)9;1-2-11-3(4(9)10)5(6,7)8;1-10-2(3(8)9)4(5,6)7/h6H,2-5H2,1H3,(H,12,13);4H,2-3H2,1H3,(H,10,11);3H,2H2,1H3,(H,9,10);2H,1H3,(H,8,9). The number of methoxy groups -OCH3 is 1. The van der Waals surface area contributed by atoms with E-state index >= 15 is 0 Å². The number of carboxylic acids is 4. The number of hydrogen-bond donors (Lipinski definition) is 4.